The first-order valence-corrected chi connectivity index (χ1v) is 8.89. The van der Waals surface area contributed by atoms with Crippen molar-refractivity contribution in [2.75, 3.05) is 6.26 Å². The molecule has 2 aromatic rings. The van der Waals surface area contributed by atoms with E-state index in [9.17, 15) is 9.90 Å². The Morgan fingerprint density at radius 1 is 1.23 bits per heavy atom. The summed E-state index contributed by atoms with van der Waals surface area (Å²) in [6, 6.07) is 10.3. The van der Waals surface area contributed by atoms with Crippen molar-refractivity contribution in [2.45, 2.75) is 43.0 Å². The van der Waals surface area contributed by atoms with Crippen LogP contribution in [-0.2, 0) is 0 Å². The van der Waals surface area contributed by atoms with Gasteiger partial charge in [0, 0.05) is 4.90 Å². The lowest BCUT2D eigenvalue weighted by atomic mass is 9.95. The molecule has 116 valence electrons. The van der Waals surface area contributed by atoms with Crippen molar-refractivity contribution in [3.8, 4) is 11.3 Å². The molecule has 0 aliphatic heterocycles. The maximum atomic E-state index is 11.3. The first kappa shape index (κ1) is 15.2. The molecule has 1 saturated carbocycles. The topological polar surface area (TPSA) is 55.1 Å². The van der Waals surface area contributed by atoms with Gasteiger partial charge in [0.1, 0.15) is 0 Å². The molecule has 5 heteroatoms. The van der Waals surface area contributed by atoms with Gasteiger partial charge in [-0.3, -0.25) is 4.68 Å². The van der Waals surface area contributed by atoms with Gasteiger partial charge in [0.05, 0.1) is 11.7 Å². The summed E-state index contributed by atoms with van der Waals surface area (Å²) in [5, 5.41) is 13.6. The van der Waals surface area contributed by atoms with Gasteiger partial charge in [-0.2, -0.15) is 5.10 Å². The first-order chi connectivity index (χ1) is 10.7. The number of carbonyl (C=O) groups is 1. The fraction of sp³-hybridized carbons (Fsp3) is 0.412. The minimum absolute atomic E-state index is 0.134. The first-order valence-electron chi connectivity index (χ1n) is 7.66. The zero-order chi connectivity index (χ0) is 15.5. The third-order valence-electron chi connectivity index (χ3n) is 4.26. The molecule has 1 N–H and O–H groups in total. The van der Waals surface area contributed by atoms with Crippen molar-refractivity contribution < 1.29 is 9.90 Å². The Bertz CT molecular complexity index is 658. The second kappa shape index (κ2) is 6.57. The van der Waals surface area contributed by atoms with E-state index in [1.54, 1.807) is 17.8 Å². The Balaban J connectivity index is 2.01. The highest BCUT2D eigenvalue weighted by Crippen LogP contribution is 2.33. The Morgan fingerprint density at radius 3 is 2.50 bits per heavy atom. The van der Waals surface area contributed by atoms with E-state index < -0.39 is 5.97 Å². The van der Waals surface area contributed by atoms with Crippen molar-refractivity contribution in [1.82, 2.24) is 9.78 Å². The summed E-state index contributed by atoms with van der Waals surface area (Å²) in [5.74, 6) is -0.962. The lowest BCUT2D eigenvalue weighted by molar-refractivity contribution is 0.0689. The number of thioether (sulfide) groups is 1. The summed E-state index contributed by atoms with van der Waals surface area (Å²) in [7, 11) is 0. The summed E-state index contributed by atoms with van der Waals surface area (Å²) in [6.07, 6.45) is 7.86. The molecule has 3 rings (SSSR count). The molecule has 0 bridgehead atoms. The van der Waals surface area contributed by atoms with E-state index in [4.69, 9.17) is 0 Å². The van der Waals surface area contributed by atoms with Crippen molar-refractivity contribution in [3.05, 3.63) is 36.0 Å². The van der Waals surface area contributed by atoms with Gasteiger partial charge in [-0.1, -0.05) is 31.4 Å². The third-order valence-corrected chi connectivity index (χ3v) is 5.00. The van der Waals surface area contributed by atoms with Crippen molar-refractivity contribution in [1.29, 1.82) is 0 Å². The molecular weight excluding hydrogens is 296 g/mol. The lowest BCUT2D eigenvalue weighted by Gasteiger charge is -2.24. The van der Waals surface area contributed by atoms with E-state index >= 15 is 0 Å². The molecule has 1 aromatic carbocycles. The minimum Gasteiger partial charge on any atom is -0.476 e. The molecule has 0 atom stereocenters. The van der Waals surface area contributed by atoms with Crippen LogP contribution in [0.3, 0.4) is 0 Å². The lowest BCUT2D eigenvalue weighted by Crippen LogP contribution is -2.15. The second-order valence-corrected chi connectivity index (χ2v) is 6.56. The van der Waals surface area contributed by atoms with Crippen LogP contribution >= 0.6 is 11.8 Å². The number of aromatic nitrogens is 2. The van der Waals surface area contributed by atoms with E-state index in [0.717, 1.165) is 24.1 Å². The van der Waals surface area contributed by atoms with Gasteiger partial charge in [0.15, 0.2) is 5.69 Å². The minimum atomic E-state index is -0.962. The van der Waals surface area contributed by atoms with E-state index in [2.05, 4.69) is 17.2 Å². The van der Waals surface area contributed by atoms with Gasteiger partial charge < -0.3 is 5.11 Å². The number of hydrogen-bond acceptors (Lipinski definition) is 3. The van der Waals surface area contributed by atoms with E-state index in [-0.39, 0.29) is 5.69 Å². The van der Waals surface area contributed by atoms with Gasteiger partial charge in [-0.05, 0) is 42.9 Å². The number of rotatable bonds is 4. The Labute approximate surface area is 134 Å². The fourth-order valence-electron chi connectivity index (χ4n) is 3.08. The van der Waals surface area contributed by atoms with Gasteiger partial charge in [0.25, 0.3) is 0 Å². The van der Waals surface area contributed by atoms with Crippen LogP contribution in [0.5, 0.6) is 0 Å². The summed E-state index contributed by atoms with van der Waals surface area (Å²) in [5.41, 5.74) is 2.08. The largest absolute Gasteiger partial charge is 0.476 e. The van der Waals surface area contributed by atoms with Gasteiger partial charge in [-0.15, -0.1) is 11.8 Å². The summed E-state index contributed by atoms with van der Waals surface area (Å²) in [6.45, 7) is 0. The van der Waals surface area contributed by atoms with E-state index in [0.29, 0.717) is 6.04 Å². The fourth-order valence-corrected chi connectivity index (χ4v) is 3.49. The third kappa shape index (κ3) is 3.04. The van der Waals surface area contributed by atoms with Gasteiger partial charge in [0.2, 0.25) is 0 Å². The predicted octanol–water partition coefficient (Wildman–Crippen LogP) is 4.48. The molecular formula is C17H20N2O2S. The number of hydrogen-bond donors (Lipinski definition) is 1. The van der Waals surface area contributed by atoms with E-state index in [1.807, 2.05) is 23.1 Å². The van der Waals surface area contributed by atoms with E-state index in [1.165, 1.54) is 24.2 Å². The van der Waals surface area contributed by atoms with Crippen LogP contribution in [0.15, 0.2) is 35.2 Å². The smallest absolute Gasteiger partial charge is 0.356 e. The highest BCUT2D eigenvalue weighted by Gasteiger charge is 2.22. The maximum Gasteiger partial charge on any atom is 0.356 e. The molecule has 1 heterocycles. The average molecular weight is 316 g/mol. The Morgan fingerprint density at radius 2 is 1.91 bits per heavy atom. The van der Waals surface area contributed by atoms with Crippen LogP contribution in [0, 0.1) is 0 Å². The molecule has 0 amide bonds. The van der Waals surface area contributed by atoms with Crippen LogP contribution < -0.4 is 0 Å². The Kier molecular flexibility index (Phi) is 4.52. The Hall–Kier alpha value is -1.75. The molecule has 1 aliphatic carbocycles. The maximum absolute atomic E-state index is 11.3. The molecule has 0 radical (unpaired) electrons. The molecule has 22 heavy (non-hydrogen) atoms. The van der Waals surface area contributed by atoms with Crippen LogP contribution in [0.25, 0.3) is 11.3 Å². The quantitative estimate of drug-likeness (QED) is 0.845. The standard InChI is InChI=1S/C17H20N2O2S/c1-22-14-9-7-12(8-10-14)16-11-15(17(20)21)18-19(16)13-5-3-2-4-6-13/h7-11,13H,2-6H2,1H3,(H,20,21). The summed E-state index contributed by atoms with van der Waals surface area (Å²) in [4.78, 5) is 12.5. The molecule has 0 spiro atoms. The zero-order valence-electron chi connectivity index (χ0n) is 12.7. The molecule has 0 unspecified atom stereocenters. The molecule has 0 saturated heterocycles. The summed E-state index contributed by atoms with van der Waals surface area (Å²) < 4.78 is 1.94. The molecule has 1 aromatic heterocycles. The monoisotopic (exact) mass is 316 g/mol. The van der Waals surface area contributed by atoms with Crippen LogP contribution in [0.1, 0.15) is 48.6 Å². The number of carboxylic acid groups (broad SMARTS) is 1. The number of carboxylic acids is 1. The van der Waals surface area contributed by atoms with Crippen LogP contribution in [0.2, 0.25) is 0 Å². The second-order valence-electron chi connectivity index (χ2n) is 5.68. The number of nitrogens with zero attached hydrogens (tertiary/aromatic N) is 2. The highest BCUT2D eigenvalue weighted by atomic mass is 32.2. The molecule has 1 fully saturated rings. The SMILES string of the molecule is CSc1ccc(-c2cc(C(=O)O)nn2C2CCCCC2)cc1. The average Bonchev–Trinajstić information content (AvgIpc) is 3.01. The van der Waals surface area contributed by atoms with Crippen molar-refractivity contribution in [3.63, 3.8) is 0 Å². The summed E-state index contributed by atoms with van der Waals surface area (Å²) >= 11 is 1.70. The molecule has 1 aliphatic rings. The van der Waals surface area contributed by atoms with Crippen LogP contribution in [-0.4, -0.2) is 27.1 Å². The number of benzene rings is 1. The van der Waals surface area contributed by atoms with Crippen molar-refractivity contribution >= 4 is 17.7 Å². The van der Waals surface area contributed by atoms with Crippen molar-refractivity contribution in [2.24, 2.45) is 0 Å². The normalized spacial score (nSPS) is 15.9. The zero-order valence-corrected chi connectivity index (χ0v) is 13.5. The van der Waals surface area contributed by atoms with Gasteiger partial charge in [-0.25, -0.2) is 4.79 Å². The van der Waals surface area contributed by atoms with Gasteiger partial charge >= 0.3 is 5.97 Å². The highest BCUT2D eigenvalue weighted by molar-refractivity contribution is 7.98. The number of aromatic carboxylic acids is 1. The molecule has 4 nitrogen and oxygen atoms in total. The van der Waals surface area contributed by atoms with Crippen LogP contribution in [0.4, 0.5) is 0 Å². The predicted molar refractivity (Wildman–Crippen MR) is 88.5 cm³/mol.